The molecule has 0 unspecified atom stereocenters. The molecular formula is C20H17NO5. The summed E-state index contributed by atoms with van der Waals surface area (Å²) in [6.07, 6.45) is 1.23. The molecule has 1 saturated heterocycles. The number of hydrogen-bond donors (Lipinski definition) is 1. The van der Waals surface area contributed by atoms with Crippen molar-refractivity contribution in [3.63, 3.8) is 0 Å². The molecule has 1 aliphatic heterocycles. The van der Waals surface area contributed by atoms with E-state index in [1.807, 2.05) is 6.07 Å². The highest BCUT2D eigenvalue weighted by Crippen LogP contribution is 2.23. The number of hydrogen-bond acceptors (Lipinski definition) is 6. The third-order valence-corrected chi connectivity index (χ3v) is 3.68. The van der Waals surface area contributed by atoms with Crippen LogP contribution in [0, 0.1) is 0 Å². The van der Waals surface area contributed by atoms with Gasteiger partial charge in [-0.2, -0.15) is 0 Å². The first-order valence-corrected chi connectivity index (χ1v) is 7.99. The first kappa shape index (κ1) is 17.4. The lowest BCUT2D eigenvalue weighted by Gasteiger charge is -2.29. The van der Waals surface area contributed by atoms with Crippen molar-refractivity contribution in [3.8, 4) is 0 Å². The number of ketones is 1. The number of nitrogens with one attached hydrogen (secondary N) is 1. The molecule has 6 nitrogen and oxygen atoms in total. The largest absolute Gasteiger partial charge is 0.419 e. The fourth-order valence-corrected chi connectivity index (χ4v) is 2.41. The predicted octanol–water partition coefficient (Wildman–Crippen LogP) is 3.05. The van der Waals surface area contributed by atoms with Crippen molar-refractivity contribution in [2.75, 3.05) is 5.32 Å². The van der Waals surface area contributed by atoms with Gasteiger partial charge in [-0.05, 0) is 24.3 Å². The number of anilines is 1. The molecular weight excluding hydrogens is 334 g/mol. The van der Waals surface area contributed by atoms with Crippen LogP contribution >= 0.6 is 0 Å². The monoisotopic (exact) mass is 351 g/mol. The van der Waals surface area contributed by atoms with Crippen molar-refractivity contribution in [1.82, 2.24) is 0 Å². The zero-order valence-electron chi connectivity index (χ0n) is 14.3. The highest BCUT2D eigenvalue weighted by molar-refractivity contribution is 6.15. The van der Waals surface area contributed by atoms with Crippen LogP contribution in [-0.4, -0.2) is 23.5 Å². The molecule has 1 heterocycles. The Kier molecular flexibility index (Phi) is 4.58. The molecule has 2 aromatic carbocycles. The van der Waals surface area contributed by atoms with E-state index in [2.05, 4.69) is 5.32 Å². The topological polar surface area (TPSA) is 81.7 Å². The lowest BCUT2D eigenvalue weighted by atomic mass is 10.0. The molecule has 0 spiro atoms. The number of rotatable bonds is 4. The van der Waals surface area contributed by atoms with Crippen molar-refractivity contribution >= 4 is 23.4 Å². The molecule has 0 radical (unpaired) electrons. The first-order valence-electron chi connectivity index (χ1n) is 7.99. The van der Waals surface area contributed by atoms with Gasteiger partial charge in [-0.15, -0.1) is 0 Å². The van der Waals surface area contributed by atoms with E-state index in [4.69, 9.17) is 9.47 Å². The Bertz CT molecular complexity index is 860. The highest BCUT2D eigenvalue weighted by Gasteiger charge is 2.38. The van der Waals surface area contributed by atoms with Crippen LogP contribution in [0.25, 0.3) is 0 Å². The van der Waals surface area contributed by atoms with Crippen LogP contribution in [0.15, 0.2) is 66.4 Å². The summed E-state index contributed by atoms with van der Waals surface area (Å²) >= 11 is 0. The molecule has 0 amide bonds. The summed E-state index contributed by atoms with van der Waals surface area (Å²) in [6.45, 7) is 2.96. The molecule has 3 rings (SSSR count). The Balaban J connectivity index is 1.71. The van der Waals surface area contributed by atoms with Crippen molar-refractivity contribution < 1.29 is 23.9 Å². The summed E-state index contributed by atoms with van der Waals surface area (Å²) in [5, 5.41) is 2.83. The molecule has 0 aliphatic carbocycles. The van der Waals surface area contributed by atoms with E-state index in [0.29, 0.717) is 16.8 Å². The van der Waals surface area contributed by atoms with E-state index in [1.165, 1.54) is 20.0 Å². The number of benzene rings is 2. The smallest absolute Gasteiger partial charge is 0.350 e. The first-order chi connectivity index (χ1) is 12.4. The summed E-state index contributed by atoms with van der Waals surface area (Å²) in [5.74, 6) is -2.87. The van der Waals surface area contributed by atoms with Crippen molar-refractivity contribution in [1.29, 1.82) is 0 Å². The number of carbonyl (C=O) groups is 3. The predicted molar refractivity (Wildman–Crippen MR) is 94.3 cm³/mol. The quantitative estimate of drug-likeness (QED) is 0.395. The van der Waals surface area contributed by atoms with Gasteiger partial charge >= 0.3 is 11.9 Å². The van der Waals surface area contributed by atoms with E-state index < -0.39 is 17.7 Å². The van der Waals surface area contributed by atoms with Crippen LogP contribution in [0.4, 0.5) is 5.69 Å². The van der Waals surface area contributed by atoms with Crippen molar-refractivity contribution in [2.45, 2.75) is 19.6 Å². The number of carbonyl (C=O) groups excluding carboxylic acids is 3. The van der Waals surface area contributed by atoms with Gasteiger partial charge in [0.1, 0.15) is 0 Å². The summed E-state index contributed by atoms with van der Waals surface area (Å²) in [4.78, 5) is 36.1. The van der Waals surface area contributed by atoms with Crippen molar-refractivity contribution in [3.05, 3.63) is 77.5 Å². The van der Waals surface area contributed by atoms with Gasteiger partial charge in [-0.25, -0.2) is 9.59 Å². The van der Waals surface area contributed by atoms with Crippen LogP contribution in [0.3, 0.4) is 0 Å². The molecule has 26 heavy (non-hydrogen) atoms. The van der Waals surface area contributed by atoms with Crippen LogP contribution in [0.1, 0.15) is 29.8 Å². The Morgan fingerprint density at radius 1 is 0.885 bits per heavy atom. The molecule has 2 aromatic rings. The molecule has 0 aromatic heterocycles. The molecule has 0 atom stereocenters. The second-order valence-corrected chi connectivity index (χ2v) is 6.15. The Labute approximate surface area is 150 Å². The lowest BCUT2D eigenvalue weighted by Crippen LogP contribution is -2.42. The zero-order chi connectivity index (χ0) is 18.7. The maximum Gasteiger partial charge on any atom is 0.350 e. The van der Waals surface area contributed by atoms with Gasteiger partial charge in [0.2, 0.25) is 0 Å². The normalized spacial score (nSPS) is 15.7. The van der Waals surface area contributed by atoms with Crippen molar-refractivity contribution in [2.24, 2.45) is 0 Å². The Morgan fingerprint density at radius 2 is 1.42 bits per heavy atom. The molecule has 0 saturated carbocycles. The SMILES string of the molecule is CC1(C)OC(=O)C(=CNc2ccc(C(=O)c3ccccc3)cc2)C(=O)O1. The van der Waals surface area contributed by atoms with E-state index in [9.17, 15) is 14.4 Å². The minimum Gasteiger partial charge on any atom is -0.419 e. The van der Waals surface area contributed by atoms with Gasteiger partial charge < -0.3 is 14.8 Å². The molecule has 1 N–H and O–H groups in total. The van der Waals surface area contributed by atoms with E-state index >= 15 is 0 Å². The molecule has 132 valence electrons. The van der Waals surface area contributed by atoms with Gasteiger partial charge in [-0.1, -0.05) is 30.3 Å². The maximum absolute atomic E-state index is 12.4. The average molecular weight is 351 g/mol. The lowest BCUT2D eigenvalue weighted by molar-refractivity contribution is -0.222. The maximum atomic E-state index is 12.4. The Hall–Kier alpha value is -3.41. The number of cyclic esters (lactones) is 2. The summed E-state index contributed by atoms with van der Waals surface area (Å²) in [7, 11) is 0. The number of ether oxygens (including phenoxy) is 2. The van der Waals surface area contributed by atoms with Gasteiger partial charge in [0.15, 0.2) is 11.4 Å². The fraction of sp³-hybridized carbons (Fsp3) is 0.150. The van der Waals surface area contributed by atoms with Gasteiger partial charge in [0, 0.05) is 36.9 Å². The van der Waals surface area contributed by atoms with Gasteiger partial charge in [0.05, 0.1) is 0 Å². The third kappa shape index (κ3) is 3.80. The van der Waals surface area contributed by atoms with E-state index in [-0.39, 0.29) is 11.4 Å². The van der Waals surface area contributed by atoms with Crippen LogP contribution in [0.5, 0.6) is 0 Å². The number of esters is 2. The molecule has 0 bridgehead atoms. The minimum absolute atomic E-state index is 0.0860. The molecule has 6 heteroatoms. The second kappa shape index (κ2) is 6.84. The van der Waals surface area contributed by atoms with Crippen LogP contribution in [0.2, 0.25) is 0 Å². The minimum atomic E-state index is -1.27. The second-order valence-electron chi connectivity index (χ2n) is 6.15. The average Bonchev–Trinajstić information content (AvgIpc) is 2.61. The summed E-state index contributed by atoms with van der Waals surface area (Å²) < 4.78 is 10.0. The standard InChI is InChI=1S/C20H17NO5/c1-20(2)25-18(23)16(19(24)26-20)12-21-15-10-8-14(9-11-15)17(22)13-6-4-3-5-7-13/h3-12,21H,1-2H3. The van der Waals surface area contributed by atoms with Crippen LogP contribution in [-0.2, 0) is 19.1 Å². The molecule has 1 aliphatic rings. The van der Waals surface area contributed by atoms with E-state index in [0.717, 1.165) is 0 Å². The highest BCUT2D eigenvalue weighted by atomic mass is 16.7. The van der Waals surface area contributed by atoms with Gasteiger partial charge in [0.25, 0.3) is 5.79 Å². The van der Waals surface area contributed by atoms with Gasteiger partial charge in [-0.3, -0.25) is 4.79 Å². The summed E-state index contributed by atoms with van der Waals surface area (Å²) in [5.41, 5.74) is 1.51. The third-order valence-electron chi connectivity index (χ3n) is 3.68. The van der Waals surface area contributed by atoms with Crippen LogP contribution < -0.4 is 5.32 Å². The van der Waals surface area contributed by atoms with E-state index in [1.54, 1.807) is 48.5 Å². The molecule has 1 fully saturated rings. The zero-order valence-corrected chi connectivity index (χ0v) is 14.3. The Morgan fingerprint density at radius 3 is 2.00 bits per heavy atom. The summed E-state index contributed by atoms with van der Waals surface area (Å²) in [6, 6.07) is 15.6. The fourth-order valence-electron chi connectivity index (χ4n) is 2.41.